The molecular formula is C16H29NO5Si. The summed E-state index contributed by atoms with van der Waals surface area (Å²) >= 11 is 0. The van der Waals surface area contributed by atoms with E-state index in [1.807, 2.05) is 0 Å². The van der Waals surface area contributed by atoms with Crippen molar-refractivity contribution in [3.63, 3.8) is 0 Å². The van der Waals surface area contributed by atoms with Crippen LogP contribution in [0.4, 0.5) is 0 Å². The van der Waals surface area contributed by atoms with Crippen molar-refractivity contribution in [2.24, 2.45) is 0 Å². The van der Waals surface area contributed by atoms with Crippen LogP contribution in [-0.4, -0.2) is 83.6 Å². The van der Waals surface area contributed by atoms with Crippen molar-refractivity contribution < 1.29 is 23.4 Å². The van der Waals surface area contributed by atoms with Gasteiger partial charge in [0, 0.05) is 20.2 Å². The molecule has 7 heteroatoms. The summed E-state index contributed by atoms with van der Waals surface area (Å²) in [6, 6.07) is 0.786. The van der Waals surface area contributed by atoms with Gasteiger partial charge in [0.1, 0.15) is 0 Å². The monoisotopic (exact) mass is 343 g/mol. The average Bonchev–Trinajstić information content (AvgIpc) is 2.48. The van der Waals surface area contributed by atoms with E-state index in [4.69, 9.17) is 18.3 Å². The highest BCUT2D eigenvalue weighted by Crippen LogP contribution is 2.28. The third-order valence-corrected chi connectivity index (χ3v) is 7.30. The van der Waals surface area contributed by atoms with E-state index in [0.29, 0.717) is 19.8 Å². The van der Waals surface area contributed by atoms with Crippen molar-refractivity contribution in [1.82, 2.24) is 4.90 Å². The maximum absolute atomic E-state index is 10.0. The summed E-state index contributed by atoms with van der Waals surface area (Å²) < 4.78 is 23.4. The minimum atomic E-state index is -2.67. The van der Waals surface area contributed by atoms with Gasteiger partial charge in [0.25, 0.3) is 0 Å². The topological polar surface area (TPSA) is 60.4 Å². The van der Waals surface area contributed by atoms with E-state index in [9.17, 15) is 5.11 Å². The van der Waals surface area contributed by atoms with E-state index in [2.05, 4.69) is 18.1 Å². The first-order chi connectivity index (χ1) is 11.1. The first-order valence-corrected chi connectivity index (χ1v) is 10.4. The number of fused-ring (bicyclic) bond motifs is 6. The van der Waals surface area contributed by atoms with Crippen LogP contribution in [-0.2, 0) is 18.3 Å². The van der Waals surface area contributed by atoms with Crippen LogP contribution in [0.3, 0.4) is 0 Å². The first kappa shape index (κ1) is 18.8. The Morgan fingerprint density at radius 1 is 1.43 bits per heavy atom. The van der Waals surface area contributed by atoms with Gasteiger partial charge in [-0.1, -0.05) is 12.7 Å². The van der Waals surface area contributed by atoms with E-state index in [1.165, 1.54) is 0 Å². The summed E-state index contributed by atoms with van der Waals surface area (Å²) in [5, 5.41) is 10.0. The van der Waals surface area contributed by atoms with Crippen LogP contribution in [0.1, 0.15) is 6.42 Å². The van der Waals surface area contributed by atoms with E-state index in [-0.39, 0.29) is 18.4 Å². The van der Waals surface area contributed by atoms with Crippen LogP contribution in [0.5, 0.6) is 0 Å². The SMILES string of the molecule is C=CCOCC1CN2CCC[Si](CO)(O1)OC(C(=C)COC)C2. The van der Waals surface area contributed by atoms with Gasteiger partial charge in [-0.15, -0.1) is 6.58 Å². The number of hydrogen-bond acceptors (Lipinski definition) is 6. The van der Waals surface area contributed by atoms with Gasteiger partial charge in [-0.25, -0.2) is 0 Å². The van der Waals surface area contributed by atoms with Gasteiger partial charge >= 0.3 is 8.56 Å². The molecule has 3 saturated heterocycles. The molecule has 0 aromatic heterocycles. The maximum atomic E-state index is 10.0. The summed E-state index contributed by atoms with van der Waals surface area (Å²) in [5.41, 5.74) is 0.898. The Labute approximate surface area is 139 Å². The number of nitrogens with zero attached hydrogens (tertiary/aromatic N) is 1. The highest BCUT2D eigenvalue weighted by atomic mass is 28.4. The van der Waals surface area contributed by atoms with E-state index in [0.717, 1.165) is 37.7 Å². The van der Waals surface area contributed by atoms with Crippen molar-refractivity contribution in [3.05, 3.63) is 24.8 Å². The lowest BCUT2D eigenvalue weighted by Gasteiger charge is -2.45. The largest absolute Gasteiger partial charge is 0.394 e. The first-order valence-electron chi connectivity index (χ1n) is 8.16. The third kappa shape index (κ3) is 5.22. The molecule has 3 heterocycles. The van der Waals surface area contributed by atoms with Crippen LogP contribution in [0.15, 0.2) is 24.8 Å². The Bertz CT molecular complexity index is 408. The van der Waals surface area contributed by atoms with Crippen LogP contribution in [0.2, 0.25) is 6.04 Å². The highest BCUT2D eigenvalue weighted by molar-refractivity contribution is 6.67. The molecule has 23 heavy (non-hydrogen) atoms. The van der Waals surface area contributed by atoms with Gasteiger partial charge in [-0.2, -0.15) is 0 Å². The fourth-order valence-corrected chi connectivity index (χ4v) is 5.95. The quantitative estimate of drug-likeness (QED) is 0.401. The number of rotatable bonds is 8. The van der Waals surface area contributed by atoms with Gasteiger partial charge in [-0.3, -0.25) is 4.90 Å². The fourth-order valence-electron chi connectivity index (χ4n) is 3.15. The normalized spacial score (nSPS) is 34.4. The highest BCUT2D eigenvalue weighted by Gasteiger charge is 2.46. The second-order valence-electron chi connectivity index (χ2n) is 6.20. The van der Waals surface area contributed by atoms with Crippen molar-refractivity contribution in [1.29, 1.82) is 0 Å². The van der Waals surface area contributed by atoms with Crippen LogP contribution in [0.25, 0.3) is 0 Å². The molecule has 3 fully saturated rings. The molecule has 3 aliphatic heterocycles. The molecule has 4 atom stereocenters. The van der Waals surface area contributed by atoms with E-state index in [1.54, 1.807) is 13.2 Å². The molecule has 0 aliphatic carbocycles. The molecule has 0 saturated carbocycles. The van der Waals surface area contributed by atoms with Crippen molar-refractivity contribution >= 4 is 8.56 Å². The lowest BCUT2D eigenvalue weighted by Crippen LogP contribution is -2.60. The second kappa shape index (κ2) is 9.07. The summed E-state index contributed by atoms with van der Waals surface area (Å²) in [4.78, 5) is 2.34. The maximum Gasteiger partial charge on any atom is 0.365 e. The molecule has 0 radical (unpaired) electrons. The number of ether oxygens (including phenoxy) is 2. The molecule has 132 valence electrons. The number of aliphatic hydroxyl groups excluding tert-OH is 1. The van der Waals surface area contributed by atoms with Crippen LogP contribution >= 0.6 is 0 Å². The molecule has 3 rings (SSSR count). The second-order valence-corrected chi connectivity index (χ2v) is 9.30. The zero-order valence-electron chi connectivity index (χ0n) is 14.0. The smallest absolute Gasteiger partial charge is 0.365 e. The van der Waals surface area contributed by atoms with Gasteiger partial charge in [0.2, 0.25) is 0 Å². The zero-order valence-corrected chi connectivity index (χ0v) is 15.0. The van der Waals surface area contributed by atoms with E-state index < -0.39 is 8.56 Å². The molecule has 1 N–H and O–H groups in total. The fraction of sp³-hybridized carbons (Fsp3) is 0.750. The van der Waals surface area contributed by atoms with Gasteiger partial charge in [-0.05, 0) is 24.6 Å². The standard InChI is InChI=1S/C16H29NO5Si/c1-4-7-20-12-15-9-17-6-5-8-23(13-18,21-15)22-16(10-17)14(2)11-19-3/h4,15-16,18H,1-2,5-13H2,3H3. The van der Waals surface area contributed by atoms with Gasteiger partial charge < -0.3 is 23.4 Å². The molecule has 0 amide bonds. The summed E-state index contributed by atoms with van der Waals surface area (Å²) in [6.07, 6.45) is 2.44. The number of aliphatic hydroxyl groups is 1. The Kier molecular flexibility index (Phi) is 7.41. The average molecular weight is 343 g/mol. The summed E-state index contributed by atoms with van der Waals surface area (Å²) in [7, 11) is -1.02. The molecule has 0 spiro atoms. The Morgan fingerprint density at radius 2 is 2.26 bits per heavy atom. The Hall–Kier alpha value is -0.543. The molecule has 2 bridgehead atoms. The predicted molar refractivity (Wildman–Crippen MR) is 90.5 cm³/mol. The van der Waals surface area contributed by atoms with Crippen LogP contribution in [0, 0.1) is 0 Å². The lowest BCUT2D eigenvalue weighted by molar-refractivity contribution is -0.0336. The lowest BCUT2D eigenvalue weighted by atomic mass is 10.1. The molecule has 0 aromatic carbocycles. The van der Waals surface area contributed by atoms with Crippen LogP contribution < -0.4 is 0 Å². The molecule has 6 nitrogen and oxygen atoms in total. The van der Waals surface area contributed by atoms with Crippen molar-refractivity contribution in [2.75, 3.05) is 52.8 Å². The van der Waals surface area contributed by atoms with E-state index >= 15 is 0 Å². The number of hydrogen-bond donors (Lipinski definition) is 1. The Morgan fingerprint density at radius 3 is 2.96 bits per heavy atom. The Balaban J connectivity index is 2.12. The summed E-state index contributed by atoms with van der Waals surface area (Å²) in [5.74, 6) is 0. The molecular weight excluding hydrogens is 314 g/mol. The van der Waals surface area contributed by atoms with Gasteiger partial charge in [0.05, 0.1) is 38.3 Å². The predicted octanol–water partition coefficient (Wildman–Crippen LogP) is 0.855. The van der Waals surface area contributed by atoms with Crippen molar-refractivity contribution in [2.45, 2.75) is 24.7 Å². The zero-order chi connectivity index (χ0) is 16.7. The van der Waals surface area contributed by atoms with Crippen molar-refractivity contribution in [3.8, 4) is 0 Å². The number of methoxy groups -OCH3 is 1. The molecule has 3 aliphatic rings. The minimum absolute atomic E-state index is 0.0400. The molecule has 4 unspecified atom stereocenters. The molecule has 0 aromatic rings. The summed E-state index contributed by atoms with van der Waals surface area (Å²) in [6.45, 7) is 11.7. The third-order valence-electron chi connectivity index (χ3n) is 4.22. The van der Waals surface area contributed by atoms with Gasteiger partial charge in [0.15, 0.2) is 0 Å². The minimum Gasteiger partial charge on any atom is -0.394 e.